The van der Waals surface area contributed by atoms with Crippen LogP contribution in [0.3, 0.4) is 0 Å². The summed E-state index contributed by atoms with van der Waals surface area (Å²) in [7, 11) is 0. The highest BCUT2D eigenvalue weighted by Gasteiger charge is 2.14. The number of carbonyl (C=O) groups is 2. The number of aromatic nitrogens is 1. The largest absolute Gasteiger partial charge is 0.480 e. The van der Waals surface area contributed by atoms with Gasteiger partial charge in [-0.2, -0.15) is 0 Å². The summed E-state index contributed by atoms with van der Waals surface area (Å²) in [6.45, 7) is 0.913. The van der Waals surface area contributed by atoms with Crippen molar-refractivity contribution in [3.63, 3.8) is 0 Å². The monoisotopic (exact) mass is 457 g/mol. The normalized spacial score (nSPS) is 10.5. The van der Waals surface area contributed by atoms with Crippen molar-refractivity contribution >= 4 is 28.3 Å². The second-order valence-corrected chi connectivity index (χ2v) is 8.33. The molecule has 0 saturated heterocycles. The number of nitrogens with zero attached hydrogens (tertiary/aromatic N) is 2. The maximum Gasteiger partial charge on any atom is 0.322 e. The van der Waals surface area contributed by atoms with Crippen LogP contribution in [0.5, 0.6) is 0 Å². The Morgan fingerprint density at radius 1 is 0.848 bits per heavy atom. The summed E-state index contributed by atoms with van der Waals surface area (Å²) in [6.07, 6.45) is 0. The standard InChI is InChI=1S/C26H23N3O3S/c30-24(31)15-27-25(32)22-13-11-20(12-14-22)17-29(16-19-7-3-1-4-8-19)26-28-23(18-33-26)21-9-5-2-6-10-21/h1-14,18H,15-17H2,(H,27,32)(H,30,31). The first kappa shape index (κ1) is 22.2. The SMILES string of the molecule is O=C(O)CNC(=O)c1ccc(CN(Cc2ccccc2)c2nc(-c3ccccc3)cs2)cc1. The minimum absolute atomic E-state index is 0.404. The van der Waals surface area contributed by atoms with E-state index in [0.717, 1.165) is 22.0 Å². The number of thiazole rings is 1. The van der Waals surface area contributed by atoms with Crippen LogP contribution in [0.2, 0.25) is 0 Å². The van der Waals surface area contributed by atoms with Crippen molar-refractivity contribution in [3.05, 3.63) is 107 Å². The van der Waals surface area contributed by atoms with Gasteiger partial charge in [0.15, 0.2) is 5.13 Å². The Hall–Kier alpha value is -3.97. The summed E-state index contributed by atoms with van der Waals surface area (Å²) in [5.74, 6) is -1.48. The molecule has 0 unspecified atom stereocenters. The lowest BCUT2D eigenvalue weighted by Crippen LogP contribution is -2.29. The Balaban J connectivity index is 1.54. The number of anilines is 1. The maximum atomic E-state index is 12.1. The molecule has 0 radical (unpaired) electrons. The molecule has 0 fully saturated rings. The Morgan fingerprint density at radius 3 is 2.09 bits per heavy atom. The van der Waals surface area contributed by atoms with E-state index < -0.39 is 18.4 Å². The molecular formula is C26H23N3O3S. The van der Waals surface area contributed by atoms with Crippen LogP contribution in [0.4, 0.5) is 5.13 Å². The fourth-order valence-electron chi connectivity index (χ4n) is 3.39. The lowest BCUT2D eigenvalue weighted by molar-refractivity contribution is -0.135. The van der Waals surface area contributed by atoms with Crippen molar-refractivity contribution in [1.29, 1.82) is 0 Å². The summed E-state index contributed by atoms with van der Waals surface area (Å²) in [4.78, 5) is 29.9. The van der Waals surface area contributed by atoms with Crippen molar-refractivity contribution in [2.75, 3.05) is 11.4 Å². The molecule has 0 aliphatic heterocycles. The first-order chi connectivity index (χ1) is 16.1. The van der Waals surface area contributed by atoms with Gasteiger partial charge < -0.3 is 15.3 Å². The number of nitrogens with one attached hydrogen (secondary N) is 1. The second-order valence-electron chi connectivity index (χ2n) is 7.50. The van der Waals surface area contributed by atoms with E-state index >= 15 is 0 Å². The van der Waals surface area contributed by atoms with Gasteiger partial charge >= 0.3 is 5.97 Å². The third-order valence-corrected chi connectivity index (χ3v) is 5.94. The van der Waals surface area contributed by atoms with Gasteiger partial charge in [0, 0.05) is 29.6 Å². The minimum Gasteiger partial charge on any atom is -0.480 e. The number of carbonyl (C=O) groups excluding carboxylic acids is 1. The first-order valence-corrected chi connectivity index (χ1v) is 11.4. The number of rotatable bonds is 9. The molecule has 0 spiro atoms. The number of carboxylic acids is 1. The molecule has 6 nitrogen and oxygen atoms in total. The van der Waals surface area contributed by atoms with Crippen LogP contribution in [0.25, 0.3) is 11.3 Å². The fourth-order valence-corrected chi connectivity index (χ4v) is 4.22. The van der Waals surface area contributed by atoms with E-state index in [-0.39, 0.29) is 0 Å². The van der Waals surface area contributed by atoms with E-state index in [1.165, 1.54) is 5.56 Å². The van der Waals surface area contributed by atoms with E-state index in [2.05, 4.69) is 39.9 Å². The van der Waals surface area contributed by atoms with Crippen LogP contribution in [-0.2, 0) is 17.9 Å². The van der Waals surface area contributed by atoms with Crippen LogP contribution >= 0.6 is 11.3 Å². The molecule has 0 saturated carbocycles. The topological polar surface area (TPSA) is 82.5 Å². The highest BCUT2D eigenvalue weighted by Crippen LogP contribution is 2.29. The molecule has 33 heavy (non-hydrogen) atoms. The van der Waals surface area contributed by atoms with Crippen molar-refractivity contribution in [2.45, 2.75) is 13.1 Å². The van der Waals surface area contributed by atoms with Crippen LogP contribution < -0.4 is 10.2 Å². The smallest absolute Gasteiger partial charge is 0.322 e. The molecule has 0 atom stereocenters. The molecule has 4 aromatic rings. The number of hydrogen-bond acceptors (Lipinski definition) is 5. The summed E-state index contributed by atoms with van der Waals surface area (Å²) in [6, 6.07) is 27.5. The van der Waals surface area contributed by atoms with Gasteiger partial charge in [-0.25, -0.2) is 4.98 Å². The number of benzene rings is 3. The van der Waals surface area contributed by atoms with Gasteiger partial charge in [-0.1, -0.05) is 72.8 Å². The molecule has 3 aromatic carbocycles. The van der Waals surface area contributed by atoms with E-state index in [9.17, 15) is 9.59 Å². The molecule has 0 bridgehead atoms. The Morgan fingerprint density at radius 2 is 1.45 bits per heavy atom. The van der Waals surface area contributed by atoms with Crippen LogP contribution in [-0.4, -0.2) is 28.5 Å². The van der Waals surface area contributed by atoms with Gasteiger partial charge in [0.25, 0.3) is 5.91 Å². The molecule has 1 aromatic heterocycles. The molecule has 166 valence electrons. The molecule has 0 aliphatic rings. The highest BCUT2D eigenvalue weighted by molar-refractivity contribution is 7.14. The van der Waals surface area contributed by atoms with Crippen LogP contribution in [0.15, 0.2) is 90.3 Å². The first-order valence-electron chi connectivity index (χ1n) is 10.5. The Kier molecular flexibility index (Phi) is 7.12. The average molecular weight is 458 g/mol. The van der Waals surface area contributed by atoms with Gasteiger partial charge in [0.1, 0.15) is 6.54 Å². The molecule has 1 heterocycles. The number of amides is 1. The fraction of sp³-hybridized carbons (Fsp3) is 0.115. The Bertz CT molecular complexity index is 1210. The lowest BCUT2D eigenvalue weighted by Gasteiger charge is -2.22. The average Bonchev–Trinajstić information content (AvgIpc) is 3.34. The van der Waals surface area contributed by atoms with Crippen LogP contribution in [0.1, 0.15) is 21.5 Å². The van der Waals surface area contributed by atoms with E-state index in [0.29, 0.717) is 18.7 Å². The van der Waals surface area contributed by atoms with E-state index in [1.807, 2.05) is 48.5 Å². The Labute approximate surface area is 196 Å². The zero-order valence-electron chi connectivity index (χ0n) is 17.8. The van der Waals surface area contributed by atoms with E-state index in [1.54, 1.807) is 23.5 Å². The predicted molar refractivity (Wildman–Crippen MR) is 130 cm³/mol. The van der Waals surface area contributed by atoms with Gasteiger partial charge in [0.2, 0.25) is 0 Å². The van der Waals surface area contributed by atoms with Crippen molar-refractivity contribution in [3.8, 4) is 11.3 Å². The lowest BCUT2D eigenvalue weighted by atomic mass is 10.1. The summed E-state index contributed by atoms with van der Waals surface area (Å²) < 4.78 is 0. The number of aliphatic carboxylic acids is 1. The van der Waals surface area contributed by atoms with Crippen molar-refractivity contribution in [2.24, 2.45) is 0 Å². The van der Waals surface area contributed by atoms with E-state index in [4.69, 9.17) is 10.1 Å². The molecule has 7 heteroatoms. The second kappa shape index (κ2) is 10.6. The van der Waals surface area contributed by atoms with Gasteiger partial charge in [0.05, 0.1) is 5.69 Å². The summed E-state index contributed by atoms with van der Waals surface area (Å²) in [5.41, 5.74) is 4.65. The minimum atomic E-state index is -1.07. The molecule has 4 rings (SSSR count). The van der Waals surface area contributed by atoms with Gasteiger partial charge in [-0.15, -0.1) is 11.3 Å². The predicted octanol–water partition coefficient (Wildman–Crippen LogP) is 4.83. The quantitative estimate of drug-likeness (QED) is 0.376. The summed E-state index contributed by atoms with van der Waals surface area (Å²) >= 11 is 1.60. The zero-order chi connectivity index (χ0) is 23.0. The molecular weight excluding hydrogens is 434 g/mol. The molecule has 1 amide bonds. The number of hydrogen-bond donors (Lipinski definition) is 2. The molecule has 0 aliphatic carbocycles. The number of carboxylic acid groups (broad SMARTS) is 1. The van der Waals surface area contributed by atoms with Gasteiger partial charge in [-0.3, -0.25) is 9.59 Å². The van der Waals surface area contributed by atoms with Crippen molar-refractivity contribution in [1.82, 2.24) is 10.3 Å². The van der Waals surface area contributed by atoms with Crippen LogP contribution in [0, 0.1) is 0 Å². The third kappa shape index (κ3) is 6.05. The zero-order valence-corrected chi connectivity index (χ0v) is 18.7. The van der Waals surface area contributed by atoms with Crippen molar-refractivity contribution < 1.29 is 14.7 Å². The van der Waals surface area contributed by atoms with Gasteiger partial charge in [-0.05, 0) is 23.3 Å². The highest BCUT2D eigenvalue weighted by atomic mass is 32.1. The third-order valence-electron chi connectivity index (χ3n) is 5.04. The summed E-state index contributed by atoms with van der Waals surface area (Å²) in [5, 5.41) is 14.1. The molecule has 2 N–H and O–H groups in total. The maximum absolute atomic E-state index is 12.1.